The first kappa shape index (κ1) is 11.9. The van der Waals surface area contributed by atoms with Crippen molar-refractivity contribution in [3.05, 3.63) is 0 Å². The molecule has 12 heavy (non-hydrogen) atoms. The molecular weight excluding hydrogens is 152 g/mol. The molecule has 1 N–H and O–H groups in total. The summed E-state index contributed by atoms with van der Waals surface area (Å²) < 4.78 is 5.17. The van der Waals surface area contributed by atoms with E-state index in [1.807, 2.05) is 0 Å². The van der Waals surface area contributed by atoms with Crippen molar-refractivity contribution in [2.24, 2.45) is 11.8 Å². The SMILES string of the molecule is CCC(C)C(CC)COC(C)O. The molecule has 0 amide bonds. The molecule has 3 atom stereocenters. The first-order valence-electron chi connectivity index (χ1n) is 4.91. The van der Waals surface area contributed by atoms with Crippen LogP contribution < -0.4 is 0 Å². The lowest BCUT2D eigenvalue weighted by molar-refractivity contribution is -0.101. The molecule has 0 aromatic heterocycles. The van der Waals surface area contributed by atoms with Gasteiger partial charge in [0.1, 0.15) is 0 Å². The van der Waals surface area contributed by atoms with E-state index in [0.29, 0.717) is 18.4 Å². The summed E-state index contributed by atoms with van der Waals surface area (Å²) in [6.07, 6.45) is 1.69. The molecule has 3 unspecified atom stereocenters. The van der Waals surface area contributed by atoms with Crippen LogP contribution in [-0.4, -0.2) is 18.0 Å². The van der Waals surface area contributed by atoms with Gasteiger partial charge in [-0.3, -0.25) is 0 Å². The first-order valence-corrected chi connectivity index (χ1v) is 4.91. The Morgan fingerprint density at radius 1 is 1.17 bits per heavy atom. The van der Waals surface area contributed by atoms with Gasteiger partial charge < -0.3 is 9.84 Å². The molecular formula is C10H22O2. The average molecular weight is 174 g/mol. The Balaban J connectivity index is 3.67. The highest BCUT2D eigenvalue weighted by Gasteiger charge is 2.14. The number of hydrogen-bond donors (Lipinski definition) is 1. The van der Waals surface area contributed by atoms with Crippen LogP contribution in [0.4, 0.5) is 0 Å². The van der Waals surface area contributed by atoms with E-state index in [0.717, 1.165) is 6.42 Å². The van der Waals surface area contributed by atoms with Crippen LogP contribution in [0.3, 0.4) is 0 Å². The summed E-state index contributed by atoms with van der Waals surface area (Å²) in [7, 11) is 0. The maximum atomic E-state index is 8.93. The second kappa shape index (κ2) is 6.44. The average Bonchev–Trinajstić information content (AvgIpc) is 2.04. The van der Waals surface area contributed by atoms with Gasteiger partial charge in [0.2, 0.25) is 0 Å². The van der Waals surface area contributed by atoms with Crippen LogP contribution in [0.25, 0.3) is 0 Å². The summed E-state index contributed by atoms with van der Waals surface area (Å²) in [4.78, 5) is 0. The highest BCUT2D eigenvalue weighted by atomic mass is 16.6. The Labute approximate surface area is 75.9 Å². The number of rotatable bonds is 6. The third kappa shape index (κ3) is 4.73. The van der Waals surface area contributed by atoms with E-state index in [1.165, 1.54) is 6.42 Å². The Bertz CT molecular complexity index is 102. The fourth-order valence-electron chi connectivity index (χ4n) is 1.28. The molecule has 0 saturated heterocycles. The molecule has 2 heteroatoms. The predicted octanol–water partition coefficient (Wildman–Crippen LogP) is 2.41. The third-order valence-electron chi connectivity index (χ3n) is 2.52. The van der Waals surface area contributed by atoms with Crippen molar-refractivity contribution in [2.75, 3.05) is 6.61 Å². The summed E-state index contributed by atoms with van der Waals surface area (Å²) in [5.74, 6) is 1.28. The maximum absolute atomic E-state index is 8.93. The standard InChI is InChI=1S/C10H22O2/c1-5-8(3)10(6-2)7-12-9(4)11/h8-11H,5-7H2,1-4H3. The lowest BCUT2D eigenvalue weighted by atomic mass is 9.90. The zero-order valence-electron chi connectivity index (χ0n) is 8.71. The van der Waals surface area contributed by atoms with Crippen LogP contribution in [-0.2, 0) is 4.74 Å². The van der Waals surface area contributed by atoms with Crippen molar-refractivity contribution in [1.82, 2.24) is 0 Å². The summed E-state index contributed by atoms with van der Waals surface area (Å²) in [5, 5.41) is 8.93. The second-order valence-corrected chi connectivity index (χ2v) is 3.49. The zero-order chi connectivity index (χ0) is 9.56. The number of hydrogen-bond acceptors (Lipinski definition) is 2. The number of aliphatic hydroxyl groups excluding tert-OH is 1. The van der Waals surface area contributed by atoms with E-state index in [2.05, 4.69) is 20.8 Å². The zero-order valence-corrected chi connectivity index (χ0v) is 8.71. The van der Waals surface area contributed by atoms with Crippen molar-refractivity contribution in [3.8, 4) is 0 Å². The van der Waals surface area contributed by atoms with Crippen molar-refractivity contribution in [3.63, 3.8) is 0 Å². The van der Waals surface area contributed by atoms with Crippen LogP contribution in [0.1, 0.15) is 40.5 Å². The molecule has 0 bridgehead atoms. The van der Waals surface area contributed by atoms with Gasteiger partial charge in [-0.15, -0.1) is 0 Å². The van der Waals surface area contributed by atoms with Gasteiger partial charge in [0.15, 0.2) is 6.29 Å². The fourth-order valence-corrected chi connectivity index (χ4v) is 1.28. The molecule has 0 aliphatic heterocycles. The van der Waals surface area contributed by atoms with Gasteiger partial charge in [0.05, 0.1) is 6.61 Å². The smallest absolute Gasteiger partial charge is 0.151 e. The monoisotopic (exact) mass is 174 g/mol. The molecule has 0 saturated carbocycles. The minimum Gasteiger partial charge on any atom is -0.368 e. The van der Waals surface area contributed by atoms with Gasteiger partial charge in [-0.25, -0.2) is 0 Å². The van der Waals surface area contributed by atoms with E-state index < -0.39 is 6.29 Å². The van der Waals surface area contributed by atoms with Crippen LogP contribution >= 0.6 is 0 Å². The molecule has 2 nitrogen and oxygen atoms in total. The Morgan fingerprint density at radius 3 is 2.08 bits per heavy atom. The number of ether oxygens (including phenoxy) is 1. The fraction of sp³-hybridized carbons (Fsp3) is 1.00. The van der Waals surface area contributed by atoms with E-state index in [9.17, 15) is 0 Å². The van der Waals surface area contributed by atoms with Gasteiger partial charge in [-0.05, 0) is 18.8 Å². The van der Waals surface area contributed by atoms with Crippen LogP contribution in [0.5, 0.6) is 0 Å². The van der Waals surface area contributed by atoms with Crippen molar-refractivity contribution in [2.45, 2.75) is 46.8 Å². The largest absolute Gasteiger partial charge is 0.368 e. The molecule has 0 aromatic carbocycles. The summed E-state index contributed by atoms with van der Waals surface area (Å²) in [6, 6.07) is 0. The molecule has 0 aliphatic carbocycles. The lowest BCUT2D eigenvalue weighted by Crippen LogP contribution is -2.20. The Kier molecular flexibility index (Phi) is 6.39. The van der Waals surface area contributed by atoms with Crippen LogP contribution in [0, 0.1) is 11.8 Å². The molecule has 0 aliphatic rings. The van der Waals surface area contributed by atoms with Gasteiger partial charge in [0, 0.05) is 0 Å². The first-order chi connectivity index (χ1) is 5.61. The van der Waals surface area contributed by atoms with E-state index in [4.69, 9.17) is 9.84 Å². The third-order valence-corrected chi connectivity index (χ3v) is 2.52. The molecule has 0 spiro atoms. The van der Waals surface area contributed by atoms with Crippen molar-refractivity contribution in [1.29, 1.82) is 0 Å². The minimum absolute atomic E-state index is 0.588. The molecule has 0 rings (SSSR count). The van der Waals surface area contributed by atoms with Gasteiger partial charge in [0.25, 0.3) is 0 Å². The summed E-state index contributed by atoms with van der Waals surface area (Å²) >= 11 is 0. The van der Waals surface area contributed by atoms with E-state index >= 15 is 0 Å². The highest BCUT2D eigenvalue weighted by molar-refractivity contribution is 4.62. The molecule has 74 valence electrons. The van der Waals surface area contributed by atoms with Gasteiger partial charge in [-0.2, -0.15) is 0 Å². The quantitative estimate of drug-likeness (QED) is 0.627. The van der Waals surface area contributed by atoms with Gasteiger partial charge >= 0.3 is 0 Å². The highest BCUT2D eigenvalue weighted by Crippen LogP contribution is 2.19. The molecule has 0 aromatic rings. The van der Waals surface area contributed by atoms with E-state index in [1.54, 1.807) is 6.92 Å². The lowest BCUT2D eigenvalue weighted by Gasteiger charge is -2.21. The maximum Gasteiger partial charge on any atom is 0.151 e. The molecule has 0 heterocycles. The topological polar surface area (TPSA) is 29.5 Å². The Morgan fingerprint density at radius 2 is 1.75 bits per heavy atom. The number of aliphatic hydroxyl groups is 1. The van der Waals surface area contributed by atoms with Crippen LogP contribution in [0.15, 0.2) is 0 Å². The predicted molar refractivity (Wildman–Crippen MR) is 50.9 cm³/mol. The summed E-state index contributed by atoms with van der Waals surface area (Å²) in [5.41, 5.74) is 0. The van der Waals surface area contributed by atoms with Crippen molar-refractivity contribution < 1.29 is 9.84 Å². The summed E-state index contributed by atoms with van der Waals surface area (Å²) in [6.45, 7) is 8.93. The van der Waals surface area contributed by atoms with Crippen LogP contribution in [0.2, 0.25) is 0 Å². The molecule has 0 fully saturated rings. The van der Waals surface area contributed by atoms with Crippen molar-refractivity contribution >= 4 is 0 Å². The Hall–Kier alpha value is -0.0800. The normalized spacial score (nSPS) is 18.8. The van der Waals surface area contributed by atoms with E-state index in [-0.39, 0.29) is 0 Å². The molecule has 0 radical (unpaired) electrons. The van der Waals surface area contributed by atoms with Gasteiger partial charge in [-0.1, -0.05) is 33.6 Å². The second-order valence-electron chi connectivity index (χ2n) is 3.49. The minimum atomic E-state index is -0.622.